The summed E-state index contributed by atoms with van der Waals surface area (Å²) < 4.78 is 13.7. The third-order valence-electron chi connectivity index (χ3n) is 6.07. The molecule has 0 saturated carbocycles. The molecule has 2 aliphatic heterocycles. The van der Waals surface area contributed by atoms with E-state index >= 15 is 0 Å². The Morgan fingerprint density at radius 3 is 2.48 bits per heavy atom. The fraction of sp³-hybridized carbons (Fsp3) is 0.391. The van der Waals surface area contributed by atoms with Gasteiger partial charge in [-0.15, -0.1) is 0 Å². The highest BCUT2D eigenvalue weighted by atomic mass is 19.1. The highest BCUT2D eigenvalue weighted by molar-refractivity contribution is 5.99. The van der Waals surface area contributed by atoms with E-state index in [1.165, 1.54) is 17.7 Å². The molecule has 2 aromatic carbocycles. The van der Waals surface area contributed by atoms with Crippen LogP contribution in [0.3, 0.4) is 0 Å². The van der Waals surface area contributed by atoms with E-state index in [0.717, 1.165) is 32.2 Å². The van der Waals surface area contributed by atoms with E-state index in [1.54, 1.807) is 6.07 Å². The maximum Gasteiger partial charge on any atom is 0.166 e. The van der Waals surface area contributed by atoms with Crippen LogP contribution in [0.2, 0.25) is 0 Å². The molecule has 0 aliphatic carbocycles. The molecule has 27 heavy (non-hydrogen) atoms. The first-order valence-electron chi connectivity index (χ1n) is 9.65. The molecule has 0 radical (unpaired) electrons. The number of nitrogens with zero attached hydrogens (tertiary/aromatic N) is 2. The van der Waals surface area contributed by atoms with Gasteiger partial charge in [0.1, 0.15) is 5.82 Å². The van der Waals surface area contributed by atoms with Gasteiger partial charge in [0.05, 0.1) is 12.5 Å². The number of Topliss-reactive ketones (excluding diaryl/α,β-unsaturated/α-hetero) is 1. The van der Waals surface area contributed by atoms with E-state index in [4.69, 9.17) is 5.26 Å². The number of ketones is 1. The summed E-state index contributed by atoms with van der Waals surface area (Å²) in [5.74, 6) is -0.477. The lowest BCUT2D eigenvalue weighted by Crippen LogP contribution is -2.44. The molecule has 2 heterocycles. The van der Waals surface area contributed by atoms with Gasteiger partial charge in [-0.25, -0.2) is 4.39 Å². The zero-order valence-corrected chi connectivity index (χ0v) is 15.3. The first-order valence-corrected chi connectivity index (χ1v) is 9.65. The Bertz CT molecular complexity index is 860. The van der Waals surface area contributed by atoms with Crippen LogP contribution in [0.4, 0.5) is 4.39 Å². The summed E-state index contributed by atoms with van der Waals surface area (Å²) in [4.78, 5) is 15.7. The number of hydrogen-bond acceptors (Lipinski definition) is 3. The molecule has 0 spiro atoms. The van der Waals surface area contributed by atoms with Crippen LogP contribution in [0.1, 0.15) is 47.2 Å². The van der Waals surface area contributed by atoms with Gasteiger partial charge in [0.2, 0.25) is 0 Å². The smallest absolute Gasteiger partial charge is 0.166 e. The normalized spacial score (nSPS) is 24.5. The average molecular weight is 362 g/mol. The van der Waals surface area contributed by atoms with Gasteiger partial charge in [-0.3, -0.25) is 9.69 Å². The fourth-order valence-corrected chi connectivity index (χ4v) is 4.78. The Morgan fingerprint density at radius 2 is 1.81 bits per heavy atom. The summed E-state index contributed by atoms with van der Waals surface area (Å²) in [5, 5.41) is 9.01. The van der Waals surface area contributed by atoms with Gasteiger partial charge < -0.3 is 0 Å². The van der Waals surface area contributed by atoms with Crippen molar-refractivity contribution in [3.05, 3.63) is 71.0 Å². The van der Waals surface area contributed by atoms with E-state index < -0.39 is 5.82 Å². The van der Waals surface area contributed by atoms with Crippen LogP contribution in [0.25, 0.3) is 0 Å². The standard InChI is InChI=1S/C23H23FN2O/c24-19-7-6-17(10-11-25)22(14-19)23(27)18-12-20-8-9-21(13-18)26(20)15-16-4-2-1-3-5-16/h1-7,14,18,20-21H,8-10,12-13,15H2. The number of benzene rings is 2. The van der Waals surface area contributed by atoms with Crippen molar-refractivity contribution in [3.8, 4) is 6.07 Å². The number of piperidine rings is 1. The Morgan fingerprint density at radius 1 is 1.11 bits per heavy atom. The van der Waals surface area contributed by atoms with Gasteiger partial charge in [0, 0.05) is 30.1 Å². The van der Waals surface area contributed by atoms with Gasteiger partial charge >= 0.3 is 0 Å². The van der Waals surface area contributed by atoms with E-state index in [1.807, 2.05) is 6.07 Å². The number of carbonyl (C=O) groups is 1. The van der Waals surface area contributed by atoms with E-state index in [2.05, 4.69) is 35.2 Å². The Balaban J connectivity index is 1.51. The van der Waals surface area contributed by atoms with Crippen LogP contribution < -0.4 is 0 Å². The Kier molecular flexibility index (Phi) is 5.05. The summed E-state index contributed by atoms with van der Waals surface area (Å²) in [5.41, 5.74) is 2.35. The predicted molar refractivity (Wildman–Crippen MR) is 102 cm³/mol. The molecule has 4 rings (SSSR count). The number of halogens is 1. The van der Waals surface area contributed by atoms with Gasteiger partial charge in [0.15, 0.2) is 5.78 Å². The molecule has 2 fully saturated rings. The van der Waals surface area contributed by atoms with Crippen LogP contribution in [0.15, 0.2) is 48.5 Å². The summed E-state index contributed by atoms with van der Waals surface area (Å²) in [6, 6.07) is 17.6. The van der Waals surface area contributed by atoms with Crippen molar-refractivity contribution in [2.45, 2.75) is 50.7 Å². The minimum atomic E-state index is -0.412. The molecule has 0 aromatic heterocycles. The van der Waals surface area contributed by atoms with Crippen LogP contribution in [0.5, 0.6) is 0 Å². The van der Waals surface area contributed by atoms with Crippen LogP contribution >= 0.6 is 0 Å². The van der Waals surface area contributed by atoms with E-state index in [9.17, 15) is 9.18 Å². The molecule has 4 heteroatoms. The second kappa shape index (κ2) is 7.62. The van der Waals surface area contributed by atoms with Crippen molar-refractivity contribution in [3.63, 3.8) is 0 Å². The Labute approximate surface area is 159 Å². The second-order valence-electron chi connectivity index (χ2n) is 7.71. The monoisotopic (exact) mass is 362 g/mol. The fourth-order valence-electron chi connectivity index (χ4n) is 4.78. The van der Waals surface area contributed by atoms with Crippen LogP contribution in [0, 0.1) is 23.1 Å². The molecule has 0 N–H and O–H groups in total. The highest BCUT2D eigenvalue weighted by Gasteiger charge is 2.43. The van der Waals surface area contributed by atoms with Crippen molar-refractivity contribution in [1.82, 2.24) is 4.90 Å². The molecule has 2 atom stereocenters. The molecule has 0 amide bonds. The number of nitriles is 1. The maximum absolute atomic E-state index is 13.7. The SMILES string of the molecule is N#CCc1ccc(F)cc1C(=O)C1CC2CCC(C1)N2Cc1ccccc1. The topological polar surface area (TPSA) is 44.1 Å². The minimum Gasteiger partial charge on any atom is -0.294 e. The number of hydrogen-bond donors (Lipinski definition) is 0. The lowest BCUT2D eigenvalue weighted by Gasteiger charge is -2.38. The third kappa shape index (κ3) is 3.65. The second-order valence-corrected chi connectivity index (χ2v) is 7.71. The summed E-state index contributed by atoms with van der Waals surface area (Å²) >= 11 is 0. The molecule has 2 aromatic rings. The van der Waals surface area contributed by atoms with Crippen molar-refractivity contribution in [2.75, 3.05) is 0 Å². The maximum atomic E-state index is 13.7. The number of rotatable bonds is 5. The van der Waals surface area contributed by atoms with Crippen LogP contribution in [-0.4, -0.2) is 22.8 Å². The lowest BCUT2D eigenvalue weighted by atomic mass is 9.83. The summed E-state index contributed by atoms with van der Waals surface area (Å²) in [6.45, 7) is 0.927. The van der Waals surface area contributed by atoms with Gasteiger partial charge in [-0.05, 0) is 48.9 Å². The third-order valence-corrected chi connectivity index (χ3v) is 6.07. The van der Waals surface area contributed by atoms with Gasteiger partial charge in [0.25, 0.3) is 0 Å². The lowest BCUT2D eigenvalue weighted by molar-refractivity contribution is 0.0677. The van der Waals surface area contributed by atoms with Crippen LogP contribution in [-0.2, 0) is 13.0 Å². The molecular weight excluding hydrogens is 339 g/mol. The molecule has 138 valence electrons. The van der Waals surface area contributed by atoms with Gasteiger partial charge in [-0.1, -0.05) is 36.4 Å². The van der Waals surface area contributed by atoms with Gasteiger partial charge in [-0.2, -0.15) is 5.26 Å². The van der Waals surface area contributed by atoms with Crippen molar-refractivity contribution in [1.29, 1.82) is 5.26 Å². The van der Waals surface area contributed by atoms with E-state index in [0.29, 0.717) is 23.2 Å². The minimum absolute atomic E-state index is 0.0102. The average Bonchev–Trinajstić information content (AvgIpc) is 2.91. The highest BCUT2D eigenvalue weighted by Crippen LogP contribution is 2.41. The summed E-state index contributed by atoms with van der Waals surface area (Å²) in [6.07, 6.45) is 4.03. The van der Waals surface area contributed by atoms with Crippen molar-refractivity contribution >= 4 is 5.78 Å². The molecule has 2 unspecified atom stereocenters. The molecular formula is C23H23FN2O. The Hall–Kier alpha value is -2.51. The molecule has 2 bridgehead atoms. The first kappa shape index (κ1) is 17.9. The zero-order chi connectivity index (χ0) is 18.8. The quantitative estimate of drug-likeness (QED) is 0.735. The largest absolute Gasteiger partial charge is 0.294 e. The molecule has 2 saturated heterocycles. The summed E-state index contributed by atoms with van der Waals surface area (Å²) in [7, 11) is 0. The molecule has 2 aliphatic rings. The van der Waals surface area contributed by atoms with E-state index in [-0.39, 0.29) is 18.1 Å². The van der Waals surface area contributed by atoms with Crippen molar-refractivity contribution < 1.29 is 9.18 Å². The predicted octanol–water partition coefficient (Wildman–Crippen LogP) is 4.52. The molecule has 3 nitrogen and oxygen atoms in total. The zero-order valence-electron chi connectivity index (χ0n) is 15.3. The number of fused-ring (bicyclic) bond motifs is 2. The first-order chi connectivity index (χ1) is 13.2. The van der Waals surface area contributed by atoms with Crippen molar-refractivity contribution in [2.24, 2.45) is 5.92 Å². The number of carbonyl (C=O) groups excluding carboxylic acids is 1.